The Morgan fingerprint density at radius 2 is 2.14 bits per heavy atom. The van der Waals surface area contributed by atoms with Crippen LogP contribution < -0.4 is 10.5 Å². The minimum Gasteiger partial charge on any atom is -0.218 e. The third-order valence-corrected chi connectivity index (χ3v) is 1.33. The number of nitrogens with zero attached hydrogens (tertiary/aromatic N) is 2. The average molecular weight is 204 g/mol. The summed E-state index contributed by atoms with van der Waals surface area (Å²) in [6.07, 6.45) is -2.36. The number of aromatic nitrogens is 2. The molecule has 6 heteroatoms. The molecule has 0 atom stereocenters. The van der Waals surface area contributed by atoms with Crippen LogP contribution in [0, 0.1) is 6.33 Å². The number of nitrogens with one attached hydrogen (secondary N) is 1. The fourth-order valence-corrected chi connectivity index (χ4v) is 0.826. The molecule has 0 aliphatic carbocycles. The van der Waals surface area contributed by atoms with E-state index < -0.39 is 11.9 Å². The Bertz CT molecular complexity index is 365. The van der Waals surface area contributed by atoms with Gasteiger partial charge in [-0.1, -0.05) is 0 Å². The number of halogens is 3. The van der Waals surface area contributed by atoms with Crippen molar-refractivity contribution in [1.29, 1.82) is 0 Å². The summed E-state index contributed by atoms with van der Waals surface area (Å²) in [5, 5.41) is 0. The summed E-state index contributed by atoms with van der Waals surface area (Å²) < 4.78 is 36.6. The van der Waals surface area contributed by atoms with Crippen LogP contribution in [0.4, 0.5) is 13.2 Å². The lowest BCUT2D eigenvalue weighted by Crippen LogP contribution is -2.26. The van der Waals surface area contributed by atoms with Crippen LogP contribution in [-0.2, 0) is 6.18 Å². The Labute approximate surface area is 78.7 Å². The van der Waals surface area contributed by atoms with E-state index in [9.17, 15) is 13.2 Å². The first kappa shape index (κ1) is 10.6. The predicted molar refractivity (Wildman–Crippen MR) is 40.9 cm³/mol. The van der Waals surface area contributed by atoms with Gasteiger partial charge in [0.2, 0.25) is 0 Å². The highest BCUT2D eigenvalue weighted by atomic mass is 19.4. The van der Waals surface area contributed by atoms with E-state index in [1.54, 1.807) is 13.8 Å². The first-order valence-electron chi connectivity index (χ1n) is 3.98. The summed E-state index contributed by atoms with van der Waals surface area (Å²) in [6, 6.07) is 0.760. The first-order chi connectivity index (χ1) is 6.39. The van der Waals surface area contributed by atoms with E-state index in [0.717, 1.165) is 6.07 Å². The minimum atomic E-state index is -4.42. The number of H-pyrrole nitrogens is 1. The molecule has 1 N–H and O–H groups in total. The van der Waals surface area contributed by atoms with Gasteiger partial charge < -0.3 is 0 Å². The van der Waals surface area contributed by atoms with Gasteiger partial charge in [0.25, 0.3) is 0 Å². The van der Waals surface area contributed by atoms with Gasteiger partial charge in [-0.3, -0.25) is 0 Å². The summed E-state index contributed by atoms with van der Waals surface area (Å²) in [5.41, 5.74) is -0.863. The summed E-state index contributed by atoms with van der Waals surface area (Å²) >= 11 is 0. The lowest BCUT2D eigenvalue weighted by Gasteiger charge is -1.99. The van der Waals surface area contributed by atoms with Crippen LogP contribution in [-0.4, -0.2) is 11.0 Å². The van der Waals surface area contributed by atoms with E-state index in [-0.39, 0.29) is 11.5 Å². The highest BCUT2D eigenvalue weighted by molar-refractivity contribution is 4.99. The molecule has 1 rings (SSSR count). The van der Waals surface area contributed by atoms with Crippen molar-refractivity contribution in [2.45, 2.75) is 26.1 Å². The number of rotatable bonds is 1. The molecule has 14 heavy (non-hydrogen) atoms. The van der Waals surface area contributed by atoms with Gasteiger partial charge in [0.1, 0.15) is 6.04 Å². The van der Waals surface area contributed by atoms with Gasteiger partial charge in [-0.15, -0.1) is 4.99 Å². The topological polar surface area (TPSA) is 42.2 Å². The monoisotopic (exact) mass is 204 g/mol. The number of aromatic amines is 1. The quantitative estimate of drug-likeness (QED) is 0.720. The molecule has 0 radical (unpaired) electrons. The van der Waals surface area contributed by atoms with Crippen molar-refractivity contribution in [2.75, 3.05) is 0 Å². The summed E-state index contributed by atoms with van der Waals surface area (Å²) in [7, 11) is 0. The maximum absolute atomic E-state index is 12.2. The SMILES string of the molecule is CC(C)N=c1cc(C(F)(F)F)[nH]c#[n+]1. The molecule has 0 spiro atoms. The van der Waals surface area contributed by atoms with E-state index >= 15 is 0 Å². The Kier molecular flexibility index (Phi) is 2.79. The molecule has 3 nitrogen and oxygen atoms in total. The molecular formula is C8H9F3N3+. The fraction of sp³-hybridized carbons (Fsp3) is 0.500. The van der Waals surface area contributed by atoms with Gasteiger partial charge in [-0.25, -0.2) is 4.98 Å². The smallest absolute Gasteiger partial charge is 0.218 e. The highest BCUT2D eigenvalue weighted by Crippen LogP contribution is 2.25. The van der Waals surface area contributed by atoms with E-state index in [1.807, 2.05) is 4.98 Å². The van der Waals surface area contributed by atoms with Crippen LogP contribution in [0.5, 0.6) is 0 Å². The van der Waals surface area contributed by atoms with Crippen LogP contribution in [0.1, 0.15) is 19.5 Å². The molecule has 0 fully saturated rings. The van der Waals surface area contributed by atoms with E-state index in [0.29, 0.717) is 0 Å². The predicted octanol–water partition coefficient (Wildman–Crippen LogP) is 0.743. The molecule has 0 aliphatic rings. The van der Waals surface area contributed by atoms with Gasteiger partial charge in [-0.05, 0) is 13.8 Å². The van der Waals surface area contributed by atoms with Crippen molar-refractivity contribution >= 4 is 0 Å². The van der Waals surface area contributed by atoms with Crippen LogP contribution in [0.25, 0.3) is 0 Å². The molecule has 76 valence electrons. The summed E-state index contributed by atoms with van der Waals surface area (Å²) in [5.74, 6) is 0. The van der Waals surface area contributed by atoms with E-state index in [1.165, 1.54) is 0 Å². The van der Waals surface area contributed by atoms with Gasteiger partial charge in [0.05, 0.1) is 6.07 Å². The molecule has 0 saturated carbocycles. The van der Waals surface area contributed by atoms with Gasteiger partial charge >= 0.3 is 18.0 Å². The van der Waals surface area contributed by atoms with Gasteiger partial charge in [0, 0.05) is 0 Å². The lowest BCUT2D eigenvalue weighted by molar-refractivity contribution is -0.323. The summed E-state index contributed by atoms with van der Waals surface area (Å²) in [4.78, 5) is 9.32. The Morgan fingerprint density at radius 1 is 1.50 bits per heavy atom. The molecule has 1 aromatic rings. The standard InChI is InChI=1S/C8H8F3N3/c1-5(2)14-7-3-6(8(9,10)11)12-4-13-7/h3,5H,1-2H3/p+1. The zero-order chi connectivity index (χ0) is 10.8. The Morgan fingerprint density at radius 3 is 2.64 bits per heavy atom. The third-order valence-electron chi connectivity index (χ3n) is 1.33. The van der Waals surface area contributed by atoms with Crippen molar-refractivity contribution in [3.8, 4) is 0 Å². The molecule has 0 unspecified atom stereocenters. The number of alkyl halides is 3. The molecule has 1 aromatic heterocycles. The van der Waals surface area contributed by atoms with Crippen molar-refractivity contribution in [1.82, 2.24) is 4.98 Å². The second-order valence-electron chi connectivity index (χ2n) is 2.99. The zero-order valence-electron chi connectivity index (χ0n) is 7.68. The maximum Gasteiger partial charge on any atom is 0.446 e. The first-order valence-corrected chi connectivity index (χ1v) is 3.98. The second-order valence-corrected chi connectivity index (χ2v) is 2.99. The Balaban J connectivity index is 3.14. The maximum atomic E-state index is 12.2. The zero-order valence-corrected chi connectivity index (χ0v) is 7.68. The average Bonchev–Trinajstić information content (AvgIpc) is 2.01. The normalized spacial score (nSPS) is 13.1. The van der Waals surface area contributed by atoms with E-state index in [4.69, 9.17) is 0 Å². The van der Waals surface area contributed by atoms with Crippen LogP contribution in [0.15, 0.2) is 11.1 Å². The molecule has 0 aromatic carbocycles. The number of hydrogen-bond donors (Lipinski definition) is 1. The van der Waals surface area contributed by atoms with Crippen molar-refractivity contribution < 1.29 is 18.2 Å². The van der Waals surface area contributed by atoms with Gasteiger partial charge in [-0.2, -0.15) is 18.2 Å². The second kappa shape index (κ2) is 3.70. The Hall–Kier alpha value is -1.51. The number of hydrogen-bond acceptors (Lipinski definition) is 1. The lowest BCUT2D eigenvalue weighted by atomic mass is 10.4. The van der Waals surface area contributed by atoms with Crippen molar-refractivity contribution in [3.63, 3.8) is 0 Å². The summed E-state index contributed by atoms with van der Waals surface area (Å²) in [6.45, 7) is 3.51. The van der Waals surface area contributed by atoms with Crippen molar-refractivity contribution in [2.24, 2.45) is 4.99 Å². The third kappa shape index (κ3) is 2.76. The van der Waals surface area contributed by atoms with Crippen molar-refractivity contribution in [3.05, 3.63) is 23.6 Å². The minimum absolute atomic E-state index is 0.0334. The molecule has 1 heterocycles. The molecule has 0 saturated heterocycles. The van der Waals surface area contributed by atoms with Crippen LogP contribution >= 0.6 is 0 Å². The van der Waals surface area contributed by atoms with Gasteiger partial charge in [0.15, 0.2) is 5.69 Å². The van der Waals surface area contributed by atoms with Crippen LogP contribution in [0.3, 0.4) is 0 Å². The largest absolute Gasteiger partial charge is 0.446 e. The fourth-order valence-electron chi connectivity index (χ4n) is 0.826. The molecular weight excluding hydrogens is 195 g/mol. The molecule has 0 amide bonds. The highest BCUT2D eigenvalue weighted by Gasteiger charge is 2.34. The molecule has 0 aliphatic heterocycles. The van der Waals surface area contributed by atoms with E-state index in [2.05, 4.69) is 16.3 Å². The molecule has 0 bridgehead atoms. The van der Waals surface area contributed by atoms with Crippen LogP contribution in [0.2, 0.25) is 0 Å².